The number of nitrogens with one attached hydrogen (secondary N) is 1. The van der Waals surface area contributed by atoms with Gasteiger partial charge in [-0.3, -0.25) is 0 Å². The summed E-state index contributed by atoms with van der Waals surface area (Å²) in [6, 6.07) is 7.17. The molecule has 4 nitrogen and oxygen atoms in total. The van der Waals surface area contributed by atoms with Crippen LogP contribution < -0.4 is 10.1 Å². The molecule has 0 saturated carbocycles. The molecule has 1 heterocycles. The normalized spacial score (nSPS) is 10.3. The monoisotopic (exact) mass is 342 g/mol. The van der Waals surface area contributed by atoms with Crippen molar-refractivity contribution in [2.45, 2.75) is 6.54 Å². The molecular weight excluding hydrogens is 332 g/mol. The first-order valence-electron chi connectivity index (χ1n) is 5.51. The summed E-state index contributed by atoms with van der Waals surface area (Å²) >= 11 is 9.00. The van der Waals surface area contributed by atoms with Gasteiger partial charge >= 0.3 is 0 Å². The minimum atomic E-state index is 0.0967. The van der Waals surface area contributed by atoms with Crippen molar-refractivity contribution in [1.29, 1.82) is 0 Å². The third-order valence-electron chi connectivity index (χ3n) is 2.53. The SMILES string of the molecule is COc1cc(CNc2ccc(Cl)nc2)cc(Br)c1O. The fourth-order valence-electron chi connectivity index (χ4n) is 1.57. The van der Waals surface area contributed by atoms with Gasteiger partial charge in [-0.15, -0.1) is 0 Å². The number of methoxy groups -OCH3 is 1. The molecule has 0 amide bonds. The van der Waals surface area contributed by atoms with Gasteiger partial charge in [-0.25, -0.2) is 4.98 Å². The third-order valence-corrected chi connectivity index (χ3v) is 3.36. The lowest BCUT2D eigenvalue weighted by Gasteiger charge is -2.10. The quantitative estimate of drug-likeness (QED) is 0.829. The summed E-state index contributed by atoms with van der Waals surface area (Å²) in [5, 5.41) is 13.4. The van der Waals surface area contributed by atoms with Crippen molar-refractivity contribution >= 4 is 33.2 Å². The van der Waals surface area contributed by atoms with Crippen LogP contribution in [0.1, 0.15) is 5.56 Å². The lowest BCUT2D eigenvalue weighted by molar-refractivity contribution is 0.371. The first-order valence-corrected chi connectivity index (χ1v) is 6.68. The van der Waals surface area contributed by atoms with Gasteiger partial charge in [0, 0.05) is 6.54 Å². The van der Waals surface area contributed by atoms with Gasteiger partial charge in [0.2, 0.25) is 0 Å². The summed E-state index contributed by atoms with van der Waals surface area (Å²) in [6.07, 6.45) is 1.66. The fraction of sp³-hybridized carbons (Fsp3) is 0.154. The van der Waals surface area contributed by atoms with Crippen molar-refractivity contribution in [2.75, 3.05) is 12.4 Å². The second-order valence-corrected chi connectivity index (χ2v) is 5.09. The molecule has 2 N–H and O–H groups in total. The van der Waals surface area contributed by atoms with E-state index in [-0.39, 0.29) is 5.75 Å². The van der Waals surface area contributed by atoms with Crippen LogP contribution >= 0.6 is 27.5 Å². The maximum atomic E-state index is 9.72. The highest BCUT2D eigenvalue weighted by Crippen LogP contribution is 2.35. The highest BCUT2D eigenvalue weighted by Gasteiger charge is 2.08. The van der Waals surface area contributed by atoms with E-state index in [0.717, 1.165) is 11.3 Å². The van der Waals surface area contributed by atoms with Crippen LogP contribution in [0.3, 0.4) is 0 Å². The van der Waals surface area contributed by atoms with Crippen molar-refractivity contribution < 1.29 is 9.84 Å². The van der Waals surface area contributed by atoms with Gasteiger partial charge in [0.1, 0.15) is 5.15 Å². The molecule has 0 aliphatic carbocycles. The number of hydrogen-bond donors (Lipinski definition) is 2. The number of phenolic OH excluding ortho intramolecular Hbond substituents is 1. The van der Waals surface area contributed by atoms with Crippen molar-refractivity contribution in [2.24, 2.45) is 0 Å². The summed E-state index contributed by atoms with van der Waals surface area (Å²) in [6.45, 7) is 0.582. The average molecular weight is 344 g/mol. The standard InChI is InChI=1S/C13H12BrClN2O2/c1-19-11-5-8(4-10(14)13(11)18)6-16-9-2-3-12(15)17-7-9/h2-5,7,16,18H,6H2,1H3. The van der Waals surface area contributed by atoms with Gasteiger partial charge in [-0.1, -0.05) is 11.6 Å². The van der Waals surface area contributed by atoms with E-state index in [1.54, 1.807) is 18.3 Å². The Morgan fingerprint density at radius 2 is 2.21 bits per heavy atom. The number of rotatable bonds is 4. The Bertz CT molecular complexity index is 576. The number of ether oxygens (including phenoxy) is 1. The van der Waals surface area contributed by atoms with Crippen LogP contribution in [0.5, 0.6) is 11.5 Å². The number of pyridine rings is 1. The van der Waals surface area contributed by atoms with Crippen LogP contribution in [0.4, 0.5) is 5.69 Å². The molecule has 0 bridgehead atoms. The lowest BCUT2D eigenvalue weighted by Crippen LogP contribution is -2.00. The van der Waals surface area contributed by atoms with E-state index in [1.165, 1.54) is 7.11 Å². The summed E-state index contributed by atoms with van der Waals surface area (Å²) in [5.74, 6) is 0.528. The van der Waals surface area contributed by atoms with Crippen LogP contribution in [-0.4, -0.2) is 17.2 Å². The van der Waals surface area contributed by atoms with Crippen LogP contribution in [-0.2, 0) is 6.54 Å². The third kappa shape index (κ3) is 3.52. The highest BCUT2D eigenvalue weighted by atomic mass is 79.9. The molecular formula is C13H12BrClN2O2. The number of aromatic hydroxyl groups is 1. The van der Waals surface area contributed by atoms with E-state index in [4.69, 9.17) is 16.3 Å². The van der Waals surface area contributed by atoms with Gasteiger partial charge in [-0.05, 0) is 45.8 Å². The first-order chi connectivity index (χ1) is 9.10. The van der Waals surface area contributed by atoms with E-state index in [0.29, 0.717) is 21.9 Å². The molecule has 0 aliphatic rings. The van der Waals surface area contributed by atoms with Crippen LogP contribution in [0.2, 0.25) is 5.15 Å². The van der Waals surface area contributed by atoms with Crippen molar-refractivity contribution in [3.63, 3.8) is 0 Å². The maximum Gasteiger partial charge on any atom is 0.172 e. The molecule has 0 radical (unpaired) electrons. The molecule has 0 unspecified atom stereocenters. The predicted octanol–water partition coefficient (Wildman–Crippen LogP) is 3.82. The zero-order valence-electron chi connectivity index (χ0n) is 10.2. The smallest absolute Gasteiger partial charge is 0.172 e. The Hall–Kier alpha value is -1.46. The van der Waals surface area contributed by atoms with E-state index >= 15 is 0 Å². The van der Waals surface area contributed by atoms with Crippen molar-refractivity contribution in [3.05, 3.63) is 45.7 Å². The van der Waals surface area contributed by atoms with Crippen LogP contribution in [0.25, 0.3) is 0 Å². The maximum absolute atomic E-state index is 9.72. The molecule has 0 aliphatic heterocycles. The number of anilines is 1. The molecule has 2 aromatic rings. The lowest BCUT2D eigenvalue weighted by atomic mass is 10.2. The van der Waals surface area contributed by atoms with E-state index in [9.17, 15) is 5.11 Å². The summed E-state index contributed by atoms with van der Waals surface area (Å²) < 4.78 is 5.69. The molecule has 1 aromatic heterocycles. The number of benzene rings is 1. The van der Waals surface area contributed by atoms with Gasteiger partial charge in [-0.2, -0.15) is 0 Å². The molecule has 0 atom stereocenters. The second kappa shape index (κ2) is 6.12. The Kier molecular flexibility index (Phi) is 4.50. The number of nitrogens with zero attached hydrogens (tertiary/aromatic N) is 1. The molecule has 2 rings (SSSR count). The fourth-order valence-corrected chi connectivity index (χ4v) is 2.17. The Balaban J connectivity index is 2.11. The topological polar surface area (TPSA) is 54.4 Å². The molecule has 0 saturated heterocycles. The van der Waals surface area contributed by atoms with Gasteiger partial charge in [0.25, 0.3) is 0 Å². The van der Waals surface area contributed by atoms with Crippen molar-refractivity contribution in [1.82, 2.24) is 4.98 Å². The molecule has 100 valence electrons. The van der Waals surface area contributed by atoms with Crippen molar-refractivity contribution in [3.8, 4) is 11.5 Å². The average Bonchev–Trinajstić information content (AvgIpc) is 2.41. The van der Waals surface area contributed by atoms with E-state index < -0.39 is 0 Å². The van der Waals surface area contributed by atoms with E-state index in [2.05, 4.69) is 26.2 Å². The molecule has 19 heavy (non-hydrogen) atoms. The number of hydrogen-bond acceptors (Lipinski definition) is 4. The number of aromatic nitrogens is 1. The summed E-state index contributed by atoms with van der Waals surface area (Å²) in [7, 11) is 1.52. The molecule has 6 heteroatoms. The van der Waals surface area contributed by atoms with Crippen LogP contribution in [0, 0.1) is 0 Å². The molecule has 0 spiro atoms. The van der Waals surface area contributed by atoms with Gasteiger partial charge in [0.15, 0.2) is 11.5 Å². The molecule has 1 aromatic carbocycles. The first kappa shape index (κ1) is 14.0. The summed E-state index contributed by atoms with van der Waals surface area (Å²) in [5.41, 5.74) is 1.84. The zero-order valence-corrected chi connectivity index (χ0v) is 12.5. The second-order valence-electron chi connectivity index (χ2n) is 3.85. The Morgan fingerprint density at radius 1 is 1.42 bits per heavy atom. The summed E-state index contributed by atoms with van der Waals surface area (Å²) in [4.78, 5) is 3.99. The highest BCUT2D eigenvalue weighted by molar-refractivity contribution is 9.10. The Morgan fingerprint density at radius 3 is 2.84 bits per heavy atom. The largest absolute Gasteiger partial charge is 0.503 e. The van der Waals surface area contributed by atoms with E-state index in [1.807, 2.05) is 12.1 Å². The minimum Gasteiger partial charge on any atom is -0.503 e. The van der Waals surface area contributed by atoms with Gasteiger partial charge in [0.05, 0.1) is 23.5 Å². The number of halogens is 2. The Labute approximate surface area is 124 Å². The molecule has 0 fully saturated rings. The predicted molar refractivity (Wildman–Crippen MR) is 78.9 cm³/mol. The van der Waals surface area contributed by atoms with Crippen LogP contribution in [0.15, 0.2) is 34.9 Å². The minimum absolute atomic E-state index is 0.0967. The number of phenols is 1. The van der Waals surface area contributed by atoms with Gasteiger partial charge < -0.3 is 15.2 Å². The zero-order chi connectivity index (χ0) is 13.8.